The van der Waals surface area contributed by atoms with Crippen LogP contribution in [-0.2, 0) is 18.0 Å². The molecule has 0 radical (unpaired) electrons. The monoisotopic (exact) mass is 472 g/mol. The molecule has 0 amide bonds. The number of rotatable bonds is 9. The lowest BCUT2D eigenvalue weighted by atomic mass is 10.1. The fourth-order valence-corrected chi connectivity index (χ4v) is 3.39. The van der Waals surface area contributed by atoms with Gasteiger partial charge in [-0.05, 0) is 36.0 Å². The molecule has 176 valence electrons. The van der Waals surface area contributed by atoms with Gasteiger partial charge < -0.3 is 14.8 Å². The first-order valence-electron chi connectivity index (χ1n) is 10.8. The molecule has 0 aliphatic heterocycles. The van der Waals surface area contributed by atoms with E-state index < -0.39 is 17.6 Å². The predicted octanol–water partition coefficient (Wildman–Crippen LogP) is 6.98. The summed E-state index contributed by atoms with van der Waals surface area (Å²) in [5, 5.41) is 2.67. The van der Waals surface area contributed by atoms with E-state index in [0.29, 0.717) is 0 Å². The number of nitrogens with zero attached hydrogens (tertiary/aromatic N) is 1. The number of anilines is 2. The molecule has 0 unspecified atom stereocenters. The second-order valence-corrected chi connectivity index (χ2v) is 7.56. The van der Waals surface area contributed by atoms with Gasteiger partial charge in [-0.25, -0.2) is 13.6 Å². The van der Waals surface area contributed by atoms with Gasteiger partial charge in [0.2, 0.25) is 0 Å². The Kier molecular flexibility index (Phi) is 7.47. The lowest BCUT2D eigenvalue weighted by Gasteiger charge is -2.18. The summed E-state index contributed by atoms with van der Waals surface area (Å²) in [5.74, 6) is -2.34. The van der Waals surface area contributed by atoms with E-state index in [1.54, 1.807) is 18.2 Å². The van der Waals surface area contributed by atoms with E-state index in [-0.39, 0.29) is 41.6 Å². The molecule has 35 heavy (non-hydrogen) atoms. The Labute approximate surface area is 201 Å². The number of hydrogen-bond donors (Lipinski definition) is 1. The maximum Gasteiger partial charge on any atom is 0.340 e. The predicted molar refractivity (Wildman–Crippen MR) is 132 cm³/mol. The van der Waals surface area contributed by atoms with Gasteiger partial charge in [0.25, 0.3) is 0 Å². The molecule has 0 fully saturated rings. The van der Waals surface area contributed by atoms with E-state index in [4.69, 9.17) is 9.47 Å². The highest BCUT2D eigenvalue weighted by Crippen LogP contribution is 2.40. The number of aliphatic imine (C=N–C) groups is 1. The summed E-state index contributed by atoms with van der Waals surface area (Å²) in [5.41, 5.74) is 0.912. The van der Waals surface area contributed by atoms with Crippen molar-refractivity contribution in [2.45, 2.75) is 13.2 Å². The van der Waals surface area contributed by atoms with Crippen LogP contribution in [-0.4, -0.2) is 12.7 Å². The van der Waals surface area contributed by atoms with E-state index in [2.05, 4.69) is 17.0 Å². The normalized spacial score (nSPS) is 10.5. The van der Waals surface area contributed by atoms with Crippen LogP contribution in [0.3, 0.4) is 0 Å². The van der Waals surface area contributed by atoms with E-state index in [0.717, 1.165) is 11.1 Å². The highest BCUT2D eigenvalue weighted by Gasteiger charge is 2.25. The number of carbonyl (C=O) groups excluding carboxylic acids is 1. The van der Waals surface area contributed by atoms with Crippen molar-refractivity contribution in [3.63, 3.8) is 0 Å². The highest BCUT2D eigenvalue weighted by atomic mass is 19.1. The smallest absolute Gasteiger partial charge is 0.340 e. The minimum absolute atomic E-state index is 0.00657. The van der Waals surface area contributed by atoms with Gasteiger partial charge in [0.05, 0.1) is 16.9 Å². The lowest BCUT2D eigenvalue weighted by Crippen LogP contribution is -2.11. The Bertz CT molecular complexity index is 1330. The second kappa shape index (κ2) is 11.1. The Balaban J connectivity index is 1.71. The minimum Gasteiger partial charge on any atom is -0.486 e. The SMILES string of the molecule is C=Nc1c(OCc2ccccc2)cc(C(=O)OCc2ccccc2)c(Nc2ccccc2F)c1F. The van der Waals surface area contributed by atoms with Gasteiger partial charge in [0.15, 0.2) is 5.82 Å². The zero-order valence-corrected chi connectivity index (χ0v) is 18.7. The first-order valence-corrected chi connectivity index (χ1v) is 10.8. The van der Waals surface area contributed by atoms with Crippen molar-refractivity contribution in [2.24, 2.45) is 4.99 Å². The van der Waals surface area contributed by atoms with Crippen LogP contribution in [0.4, 0.5) is 25.8 Å². The number of carbonyl (C=O) groups is 1. The van der Waals surface area contributed by atoms with Crippen molar-refractivity contribution in [3.8, 4) is 5.75 Å². The van der Waals surface area contributed by atoms with Crippen molar-refractivity contribution in [1.82, 2.24) is 0 Å². The molecule has 5 nitrogen and oxygen atoms in total. The number of esters is 1. The summed E-state index contributed by atoms with van der Waals surface area (Å²) in [6.45, 7) is 3.52. The molecular formula is C28H22F2N2O3. The topological polar surface area (TPSA) is 59.9 Å². The summed E-state index contributed by atoms with van der Waals surface area (Å²) in [4.78, 5) is 16.8. The fourth-order valence-electron chi connectivity index (χ4n) is 3.39. The highest BCUT2D eigenvalue weighted by molar-refractivity contribution is 5.98. The number of nitrogens with one attached hydrogen (secondary N) is 1. The summed E-state index contributed by atoms with van der Waals surface area (Å²) in [6, 6.07) is 25.4. The molecular weight excluding hydrogens is 450 g/mol. The third kappa shape index (κ3) is 5.70. The third-order valence-electron chi connectivity index (χ3n) is 5.17. The van der Waals surface area contributed by atoms with E-state index in [9.17, 15) is 9.18 Å². The van der Waals surface area contributed by atoms with Crippen LogP contribution >= 0.6 is 0 Å². The van der Waals surface area contributed by atoms with Crippen LogP contribution in [0.15, 0.2) is 96.0 Å². The molecule has 0 bridgehead atoms. The number of benzene rings is 4. The van der Waals surface area contributed by atoms with Crippen molar-refractivity contribution < 1.29 is 23.0 Å². The molecule has 0 heterocycles. The number of hydrogen-bond acceptors (Lipinski definition) is 5. The minimum atomic E-state index is -0.916. The molecule has 4 aromatic rings. The first kappa shape index (κ1) is 23.6. The van der Waals surface area contributed by atoms with E-state index in [1.165, 1.54) is 24.3 Å². The van der Waals surface area contributed by atoms with Crippen LogP contribution < -0.4 is 10.1 Å². The maximum atomic E-state index is 15.7. The van der Waals surface area contributed by atoms with Crippen LogP contribution in [0, 0.1) is 11.6 Å². The van der Waals surface area contributed by atoms with Gasteiger partial charge in [-0.1, -0.05) is 72.8 Å². The van der Waals surface area contributed by atoms with Crippen molar-refractivity contribution >= 4 is 29.7 Å². The summed E-state index contributed by atoms with van der Waals surface area (Å²) in [6.07, 6.45) is 0. The number of ether oxygens (including phenoxy) is 2. The van der Waals surface area contributed by atoms with Crippen LogP contribution in [0.5, 0.6) is 5.75 Å². The van der Waals surface area contributed by atoms with Gasteiger partial charge in [0.1, 0.15) is 30.5 Å². The van der Waals surface area contributed by atoms with Crippen molar-refractivity contribution in [2.75, 3.05) is 5.32 Å². The van der Waals surface area contributed by atoms with Crippen molar-refractivity contribution in [3.05, 3.63) is 119 Å². The zero-order valence-electron chi connectivity index (χ0n) is 18.7. The molecule has 7 heteroatoms. The fraction of sp³-hybridized carbons (Fsp3) is 0.0714. The van der Waals surface area contributed by atoms with Gasteiger partial charge >= 0.3 is 5.97 Å². The summed E-state index contributed by atoms with van der Waals surface area (Å²) >= 11 is 0. The van der Waals surface area contributed by atoms with Gasteiger partial charge in [0, 0.05) is 0 Å². The first-order chi connectivity index (χ1) is 17.1. The Morgan fingerprint density at radius 2 is 1.46 bits per heavy atom. The van der Waals surface area contributed by atoms with E-state index in [1.807, 2.05) is 48.5 Å². The van der Waals surface area contributed by atoms with Crippen LogP contribution in [0.25, 0.3) is 0 Å². The Hall–Kier alpha value is -4.52. The average molecular weight is 472 g/mol. The third-order valence-corrected chi connectivity index (χ3v) is 5.17. The zero-order chi connectivity index (χ0) is 24.6. The lowest BCUT2D eigenvalue weighted by molar-refractivity contribution is 0.0473. The van der Waals surface area contributed by atoms with E-state index >= 15 is 4.39 Å². The van der Waals surface area contributed by atoms with Gasteiger partial charge in [-0.2, -0.15) is 0 Å². The van der Waals surface area contributed by atoms with Crippen molar-refractivity contribution in [1.29, 1.82) is 0 Å². The average Bonchev–Trinajstić information content (AvgIpc) is 2.89. The van der Waals surface area contributed by atoms with Gasteiger partial charge in [-0.3, -0.25) is 4.99 Å². The molecule has 0 saturated carbocycles. The molecule has 0 aliphatic carbocycles. The molecule has 0 aliphatic rings. The molecule has 0 spiro atoms. The number of halogens is 2. The Morgan fingerprint density at radius 3 is 2.09 bits per heavy atom. The largest absolute Gasteiger partial charge is 0.486 e. The quantitative estimate of drug-likeness (QED) is 0.211. The Morgan fingerprint density at radius 1 is 0.857 bits per heavy atom. The van der Waals surface area contributed by atoms with Gasteiger partial charge in [-0.15, -0.1) is 0 Å². The molecule has 0 aromatic heterocycles. The molecule has 4 rings (SSSR count). The number of para-hydroxylation sites is 1. The molecule has 0 atom stereocenters. The van der Waals surface area contributed by atoms with Crippen LogP contribution in [0.2, 0.25) is 0 Å². The summed E-state index contributed by atoms with van der Waals surface area (Å²) in [7, 11) is 0. The molecule has 4 aromatic carbocycles. The standard InChI is InChI=1S/C28H22F2N2O3/c1-31-27-24(34-17-19-10-4-2-5-11-19)16-21(28(33)35-18-20-12-6-3-7-13-20)26(25(27)30)32-23-15-9-8-14-22(23)29/h2-16,32H,1,17-18H2. The molecule has 1 N–H and O–H groups in total. The molecule has 0 saturated heterocycles. The summed E-state index contributed by atoms with van der Waals surface area (Å²) < 4.78 is 41.2. The second-order valence-electron chi connectivity index (χ2n) is 7.56. The maximum absolute atomic E-state index is 15.7. The van der Waals surface area contributed by atoms with Crippen LogP contribution in [0.1, 0.15) is 21.5 Å².